The molecule has 0 bridgehead atoms. The third-order valence-corrected chi connectivity index (χ3v) is 4.37. The Morgan fingerprint density at radius 3 is 2.64 bits per heavy atom. The Kier molecular flexibility index (Phi) is 5.05. The summed E-state index contributed by atoms with van der Waals surface area (Å²) in [6, 6.07) is 17.2. The number of hydrogen-bond donors (Lipinski definition) is 0. The minimum atomic E-state index is 0.352. The Morgan fingerprint density at radius 2 is 1.86 bits per heavy atom. The lowest BCUT2D eigenvalue weighted by atomic mass is 10.1. The number of nitriles is 1. The zero-order valence-electron chi connectivity index (χ0n) is 12.9. The molecule has 0 radical (unpaired) electrons. The van der Waals surface area contributed by atoms with Crippen molar-refractivity contribution in [2.24, 2.45) is 0 Å². The molecular weight excluding hydrogens is 272 g/mol. The number of rotatable bonds is 5. The minimum absolute atomic E-state index is 0.352. The molecule has 1 fully saturated rings. The van der Waals surface area contributed by atoms with Crippen LogP contribution in [0.3, 0.4) is 0 Å². The fourth-order valence-corrected chi connectivity index (χ4v) is 3.05. The minimum Gasteiger partial charge on any atom is -0.373 e. The SMILES string of the molecule is N#CCCN1CCC(OCc2ccc3ccccc3c2)CC1. The van der Waals surface area contributed by atoms with Gasteiger partial charge in [0.05, 0.1) is 18.8 Å². The number of benzene rings is 2. The van der Waals surface area contributed by atoms with Gasteiger partial charge in [-0.2, -0.15) is 5.26 Å². The number of ether oxygens (including phenoxy) is 1. The van der Waals surface area contributed by atoms with Gasteiger partial charge in [-0.05, 0) is 35.2 Å². The fraction of sp³-hybridized carbons (Fsp3) is 0.421. The summed E-state index contributed by atoms with van der Waals surface area (Å²) in [5.41, 5.74) is 1.24. The van der Waals surface area contributed by atoms with E-state index in [0.717, 1.165) is 32.5 Å². The van der Waals surface area contributed by atoms with Crippen LogP contribution in [0.25, 0.3) is 10.8 Å². The van der Waals surface area contributed by atoms with E-state index in [9.17, 15) is 0 Å². The lowest BCUT2D eigenvalue weighted by Gasteiger charge is -2.31. The molecule has 2 aromatic carbocycles. The second-order valence-corrected chi connectivity index (χ2v) is 5.94. The van der Waals surface area contributed by atoms with Gasteiger partial charge < -0.3 is 9.64 Å². The molecule has 0 N–H and O–H groups in total. The first kappa shape index (κ1) is 15.0. The number of piperidine rings is 1. The average Bonchev–Trinajstić information content (AvgIpc) is 2.59. The lowest BCUT2D eigenvalue weighted by Crippen LogP contribution is -2.37. The van der Waals surface area contributed by atoms with E-state index in [1.54, 1.807) is 0 Å². The van der Waals surface area contributed by atoms with Crippen LogP contribution in [0.1, 0.15) is 24.8 Å². The van der Waals surface area contributed by atoms with Crippen LogP contribution in [-0.2, 0) is 11.3 Å². The topological polar surface area (TPSA) is 36.3 Å². The molecule has 1 saturated heterocycles. The van der Waals surface area contributed by atoms with Gasteiger partial charge in [-0.3, -0.25) is 0 Å². The van der Waals surface area contributed by atoms with Gasteiger partial charge in [0.25, 0.3) is 0 Å². The van der Waals surface area contributed by atoms with Crippen LogP contribution >= 0.6 is 0 Å². The average molecular weight is 294 g/mol. The molecule has 1 heterocycles. The molecule has 0 atom stereocenters. The van der Waals surface area contributed by atoms with Crippen LogP contribution in [0, 0.1) is 11.3 Å². The molecule has 3 rings (SSSR count). The highest BCUT2D eigenvalue weighted by Gasteiger charge is 2.19. The number of fused-ring (bicyclic) bond motifs is 1. The van der Waals surface area contributed by atoms with Crippen molar-refractivity contribution in [1.82, 2.24) is 4.90 Å². The number of likely N-dealkylation sites (tertiary alicyclic amines) is 1. The molecule has 3 nitrogen and oxygen atoms in total. The second-order valence-electron chi connectivity index (χ2n) is 5.94. The van der Waals surface area contributed by atoms with Crippen molar-refractivity contribution >= 4 is 10.8 Å². The van der Waals surface area contributed by atoms with Gasteiger partial charge in [0.2, 0.25) is 0 Å². The van der Waals surface area contributed by atoms with E-state index in [1.807, 2.05) is 0 Å². The van der Waals surface area contributed by atoms with Gasteiger partial charge in [-0.25, -0.2) is 0 Å². The molecule has 0 unspecified atom stereocenters. The first-order valence-electron chi connectivity index (χ1n) is 8.04. The van der Waals surface area contributed by atoms with E-state index in [4.69, 9.17) is 10.00 Å². The van der Waals surface area contributed by atoms with E-state index in [-0.39, 0.29) is 0 Å². The Balaban J connectivity index is 1.49. The van der Waals surface area contributed by atoms with Crippen LogP contribution in [0.15, 0.2) is 42.5 Å². The predicted octanol–water partition coefficient (Wildman–Crippen LogP) is 3.73. The van der Waals surface area contributed by atoms with Crippen molar-refractivity contribution in [3.63, 3.8) is 0 Å². The van der Waals surface area contributed by atoms with Crippen molar-refractivity contribution in [3.05, 3.63) is 48.0 Å². The van der Waals surface area contributed by atoms with Crippen LogP contribution in [-0.4, -0.2) is 30.6 Å². The third-order valence-electron chi connectivity index (χ3n) is 4.37. The van der Waals surface area contributed by atoms with Crippen molar-refractivity contribution < 1.29 is 4.74 Å². The van der Waals surface area contributed by atoms with Gasteiger partial charge in [-0.15, -0.1) is 0 Å². The van der Waals surface area contributed by atoms with Gasteiger partial charge in [0.15, 0.2) is 0 Å². The highest BCUT2D eigenvalue weighted by Crippen LogP contribution is 2.19. The van der Waals surface area contributed by atoms with Crippen molar-refractivity contribution in [2.45, 2.75) is 32.0 Å². The maximum absolute atomic E-state index is 8.63. The Hall–Kier alpha value is -1.89. The van der Waals surface area contributed by atoms with Gasteiger partial charge in [-0.1, -0.05) is 36.4 Å². The van der Waals surface area contributed by atoms with Crippen LogP contribution in [0.5, 0.6) is 0 Å². The maximum atomic E-state index is 8.63. The van der Waals surface area contributed by atoms with Gasteiger partial charge >= 0.3 is 0 Å². The van der Waals surface area contributed by atoms with Crippen molar-refractivity contribution in [2.75, 3.05) is 19.6 Å². The van der Waals surface area contributed by atoms with E-state index in [1.165, 1.54) is 16.3 Å². The summed E-state index contributed by atoms with van der Waals surface area (Å²) in [6.45, 7) is 3.68. The monoisotopic (exact) mass is 294 g/mol. The van der Waals surface area contributed by atoms with E-state index in [2.05, 4.69) is 53.4 Å². The predicted molar refractivity (Wildman–Crippen MR) is 88.4 cm³/mol. The molecule has 3 heteroatoms. The smallest absolute Gasteiger partial charge is 0.0720 e. The van der Waals surface area contributed by atoms with Crippen LogP contribution in [0.2, 0.25) is 0 Å². The highest BCUT2D eigenvalue weighted by molar-refractivity contribution is 5.82. The summed E-state index contributed by atoms with van der Waals surface area (Å²) in [5.74, 6) is 0. The molecule has 0 spiro atoms. The molecule has 0 aromatic heterocycles. The summed E-state index contributed by atoms with van der Waals surface area (Å²) >= 11 is 0. The van der Waals surface area contributed by atoms with Crippen molar-refractivity contribution in [1.29, 1.82) is 5.26 Å². The summed E-state index contributed by atoms with van der Waals surface area (Å²) in [4.78, 5) is 2.36. The lowest BCUT2D eigenvalue weighted by molar-refractivity contribution is -0.00197. The molecule has 1 aliphatic rings. The summed E-state index contributed by atoms with van der Waals surface area (Å²) in [7, 11) is 0. The zero-order valence-corrected chi connectivity index (χ0v) is 12.9. The molecule has 0 aliphatic carbocycles. The highest BCUT2D eigenvalue weighted by atomic mass is 16.5. The molecule has 2 aromatic rings. The standard InChI is InChI=1S/C19H22N2O/c20-10-3-11-21-12-8-19(9-13-21)22-15-16-6-7-17-4-1-2-5-18(17)14-16/h1-2,4-7,14,19H,3,8-9,11-13,15H2. The van der Waals surface area contributed by atoms with Gasteiger partial charge in [0.1, 0.15) is 0 Å². The fourth-order valence-electron chi connectivity index (χ4n) is 3.05. The van der Waals surface area contributed by atoms with Crippen LogP contribution in [0.4, 0.5) is 0 Å². The normalized spacial score (nSPS) is 16.7. The summed E-state index contributed by atoms with van der Waals surface area (Å²) in [6.07, 6.45) is 3.12. The number of nitrogens with zero attached hydrogens (tertiary/aromatic N) is 2. The van der Waals surface area contributed by atoms with E-state index in [0.29, 0.717) is 19.1 Å². The maximum Gasteiger partial charge on any atom is 0.0720 e. The van der Waals surface area contributed by atoms with E-state index >= 15 is 0 Å². The molecule has 0 saturated carbocycles. The van der Waals surface area contributed by atoms with Gasteiger partial charge in [0, 0.05) is 26.1 Å². The number of hydrogen-bond acceptors (Lipinski definition) is 3. The second kappa shape index (κ2) is 7.40. The van der Waals surface area contributed by atoms with E-state index < -0.39 is 0 Å². The Labute approximate surface area is 132 Å². The quantitative estimate of drug-likeness (QED) is 0.843. The van der Waals surface area contributed by atoms with Crippen LogP contribution < -0.4 is 0 Å². The summed E-state index contributed by atoms with van der Waals surface area (Å²) < 4.78 is 6.08. The Morgan fingerprint density at radius 1 is 1.09 bits per heavy atom. The first-order chi connectivity index (χ1) is 10.8. The molecule has 22 heavy (non-hydrogen) atoms. The summed E-state index contributed by atoms with van der Waals surface area (Å²) in [5, 5.41) is 11.2. The van der Waals surface area contributed by atoms with Crippen molar-refractivity contribution in [3.8, 4) is 6.07 Å². The zero-order chi connectivity index (χ0) is 15.2. The molecular formula is C19H22N2O. The molecule has 0 amide bonds. The third kappa shape index (κ3) is 3.85. The first-order valence-corrected chi connectivity index (χ1v) is 8.04. The molecule has 114 valence electrons. The Bertz CT molecular complexity index is 654. The largest absolute Gasteiger partial charge is 0.373 e. The molecule has 1 aliphatic heterocycles.